The maximum atomic E-state index is 4.19. The number of allylic oxidation sites excluding steroid dienone is 6. The van der Waals surface area contributed by atoms with E-state index in [9.17, 15) is 0 Å². The number of rotatable bonds is 8. The van der Waals surface area contributed by atoms with Crippen molar-refractivity contribution in [2.75, 3.05) is 0 Å². The molecule has 0 amide bonds. The number of hydrogen-bond acceptors (Lipinski definition) is 0. The molecule has 0 saturated carbocycles. The van der Waals surface area contributed by atoms with Gasteiger partial charge in [-0.25, -0.2) is 0 Å². The summed E-state index contributed by atoms with van der Waals surface area (Å²) in [4.78, 5) is 3.55. The molecule has 134 valence electrons. The van der Waals surface area contributed by atoms with Crippen LogP contribution in [0.3, 0.4) is 0 Å². The fourth-order valence-electron chi connectivity index (χ4n) is 2.83. The molecule has 0 saturated heterocycles. The molecule has 2 rings (SSSR count). The predicted octanol–water partition coefficient (Wildman–Crippen LogP) is 7.15. The Balaban J connectivity index is 2.26. The fraction of sp³-hybridized carbons (Fsp3) is 0.200. The first-order valence-corrected chi connectivity index (χ1v) is 9.20. The van der Waals surface area contributed by atoms with Crippen LogP contribution in [0, 0.1) is 6.92 Å². The van der Waals surface area contributed by atoms with Crippen molar-refractivity contribution in [3.63, 3.8) is 0 Å². The Kier molecular flexibility index (Phi) is 7.23. The van der Waals surface area contributed by atoms with Crippen LogP contribution < -0.4 is 0 Å². The number of hydrogen-bond donors (Lipinski definition) is 1. The van der Waals surface area contributed by atoms with E-state index in [1.807, 2.05) is 13.0 Å². The third-order valence-corrected chi connectivity index (χ3v) is 4.22. The first-order chi connectivity index (χ1) is 12.6. The SMILES string of the molecule is C=Cc1cc(C(/C=C\C)=C/C(=C)/C=C/c2ccc(C)cc2)[nH]c1CCC. The monoisotopic (exact) mass is 343 g/mol. The van der Waals surface area contributed by atoms with Gasteiger partial charge in [-0.05, 0) is 54.7 Å². The molecule has 2 aromatic rings. The van der Waals surface area contributed by atoms with Crippen molar-refractivity contribution in [1.82, 2.24) is 4.98 Å². The zero-order valence-corrected chi connectivity index (χ0v) is 16.2. The van der Waals surface area contributed by atoms with Crippen LogP contribution in [0.15, 0.2) is 73.4 Å². The van der Waals surface area contributed by atoms with Gasteiger partial charge in [-0.15, -0.1) is 0 Å². The molecule has 1 N–H and O–H groups in total. The van der Waals surface area contributed by atoms with Crippen molar-refractivity contribution in [2.45, 2.75) is 33.6 Å². The molecule has 0 atom stereocenters. The third kappa shape index (κ3) is 5.35. The lowest BCUT2D eigenvalue weighted by Gasteiger charge is -2.01. The second-order valence-electron chi connectivity index (χ2n) is 6.49. The molecule has 0 spiro atoms. The van der Waals surface area contributed by atoms with Crippen molar-refractivity contribution < 1.29 is 0 Å². The highest BCUT2D eigenvalue weighted by atomic mass is 14.7. The quantitative estimate of drug-likeness (QED) is 0.490. The van der Waals surface area contributed by atoms with Gasteiger partial charge in [0.25, 0.3) is 0 Å². The van der Waals surface area contributed by atoms with Crippen LogP contribution in [-0.2, 0) is 6.42 Å². The smallest absolute Gasteiger partial charge is 0.0462 e. The van der Waals surface area contributed by atoms with Crippen LogP contribution in [0.4, 0.5) is 0 Å². The molecule has 0 aliphatic heterocycles. The zero-order valence-electron chi connectivity index (χ0n) is 16.2. The fourth-order valence-corrected chi connectivity index (χ4v) is 2.83. The highest BCUT2D eigenvalue weighted by molar-refractivity contribution is 5.77. The molecule has 1 aromatic carbocycles. The van der Waals surface area contributed by atoms with E-state index in [0.717, 1.165) is 29.7 Å². The van der Waals surface area contributed by atoms with Gasteiger partial charge in [0.2, 0.25) is 0 Å². The molecule has 0 bridgehead atoms. The van der Waals surface area contributed by atoms with Crippen LogP contribution in [0.5, 0.6) is 0 Å². The van der Waals surface area contributed by atoms with Crippen LogP contribution in [0.25, 0.3) is 17.7 Å². The van der Waals surface area contributed by atoms with Crippen LogP contribution in [0.1, 0.15) is 48.3 Å². The van der Waals surface area contributed by atoms with E-state index in [-0.39, 0.29) is 0 Å². The summed E-state index contributed by atoms with van der Waals surface area (Å²) >= 11 is 0. The molecular weight excluding hydrogens is 314 g/mol. The first-order valence-electron chi connectivity index (χ1n) is 9.20. The number of benzene rings is 1. The topological polar surface area (TPSA) is 15.8 Å². The first kappa shape index (κ1) is 19.5. The van der Waals surface area contributed by atoms with E-state index in [0.29, 0.717) is 0 Å². The number of H-pyrrole nitrogens is 1. The molecule has 1 heteroatoms. The van der Waals surface area contributed by atoms with Gasteiger partial charge in [-0.3, -0.25) is 0 Å². The normalized spacial score (nSPS) is 12.2. The van der Waals surface area contributed by atoms with Gasteiger partial charge >= 0.3 is 0 Å². The second kappa shape index (κ2) is 9.62. The average molecular weight is 344 g/mol. The Morgan fingerprint density at radius 3 is 2.50 bits per heavy atom. The van der Waals surface area contributed by atoms with Gasteiger partial charge in [0, 0.05) is 11.4 Å². The Labute approximate surface area is 158 Å². The summed E-state index contributed by atoms with van der Waals surface area (Å²) in [6.07, 6.45) is 14.5. The molecule has 0 radical (unpaired) electrons. The Morgan fingerprint density at radius 1 is 1.15 bits per heavy atom. The molecule has 0 unspecified atom stereocenters. The Morgan fingerprint density at radius 2 is 1.88 bits per heavy atom. The third-order valence-electron chi connectivity index (χ3n) is 4.22. The van der Waals surface area contributed by atoms with Crippen molar-refractivity contribution >= 4 is 17.7 Å². The maximum Gasteiger partial charge on any atom is 0.0462 e. The lowest BCUT2D eigenvalue weighted by molar-refractivity contribution is 0.889. The molecule has 0 fully saturated rings. The zero-order chi connectivity index (χ0) is 18.9. The van der Waals surface area contributed by atoms with E-state index in [1.54, 1.807) is 0 Å². The summed E-state index contributed by atoms with van der Waals surface area (Å²) in [5.41, 5.74) is 8.06. The molecule has 0 aliphatic carbocycles. The molecule has 1 heterocycles. The van der Waals surface area contributed by atoms with Crippen LogP contribution >= 0.6 is 0 Å². The average Bonchev–Trinajstić information content (AvgIpc) is 3.04. The summed E-state index contributed by atoms with van der Waals surface area (Å²) in [5, 5.41) is 0. The molecule has 1 nitrogen and oxygen atoms in total. The largest absolute Gasteiger partial charge is 0.358 e. The predicted molar refractivity (Wildman–Crippen MR) is 117 cm³/mol. The maximum absolute atomic E-state index is 4.19. The van der Waals surface area contributed by atoms with E-state index in [1.165, 1.54) is 22.4 Å². The van der Waals surface area contributed by atoms with Gasteiger partial charge in [-0.1, -0.05) is 86.7 Å². The number of aromatic nitrogens is 1. The molecular formula is C25H29N. The van der Waals surface area contributed by atoms with E-state index in [2.05, 4.69) is 92.7 Å². The summed E-state index contributed by atoms with van der Waals surface area (Å²) in [6, 6.07) is 10.6. The van der Waals surface area contributed by atoms with E-state index >= 15 is 0 Å². The standard InChI is InChI=1S/C25H29N/c1-6-9-23(25-18-22(8-3)24(26-25)10-7-2)17-20(5)13-16-21-14-11-19(4)12-15-21/h6,8-9,11-18,26H,3,5,7,10H2,1-2,4H3/b9-6-,16-13+,23-17+. The number of nitrogens with one attached hydrogen (secondary N) is 1. The van der Waals surface area contributed by atoms with E-state index < -0.39 is 0 Å². The molecule has 0 aliphatic rings. The Bertz CT molecular complexity index is 839. The Hall–Kier alpha value is -2.80. The van der Waals surface area contributed by atoms with Gasteiger partial charge in [0.1, 0.15) is 0 Å². The van der Waals surface area contributed by atoms with E-state index in [4.69, 9.17) is 0 Å². The van der Waals surface area contributed by atoms with Crippen molar-refractivity contribution in [1.29, 1.82) is 0 Å². The van der Waals surface area contributed by atoms with Gasteiger partial charge in [0.15, 0.2) is 0 Å². The minimum Gasteiger partial charge on any atom is -0.358 e. The lowest BCUT2D eigenvalue weighted by atomic mass is 10.1. The number of aromatic amines is 1. The van der Waals surface area contributed by atoms with Crippen LogP contribution in [-0.4, -0.2) is 4.98 Å². The van der Waals surface area contributed by atoms with Gasteiger partial charge in [-0.2, -0.15) is 0 Å². The summed E-state index contributed by atoms with van der Waals surface area (Å²) in [7, 11) is 0. The second-order valence-corrected chi connectivity index (χ2v) is 6.49. The minimum absolute atomic E-state index is 0.963. The van der Waals surface area contributed by atoms with Gasteiger partial charge in [0.05, 0.1) is 0 Å². The van der Waals surface area contributed by atoms with Crippen molar-refractivity contribution in [3.8, 4) is 0 Å². The molecule has 1 aromatic heterocycles. The van der Waals surface area contributed by atoms with Crippen molar-refractivity contribution in [2.24, 2.45) is 0 Å². The number of aryl methyl sites for hydroxylation is 2. The lowest BCUT2D eigenvalue weighted by Crippen LogP contribution is -1.87. The van der Waals surface area contributed by atoms with Crippen LogP contribution in [0.2, 0.25) is 0 Å². The summed E-state index contributed by atoms with van der Waals surface area (Å²) < 4.78 is 0. The molecule has 26 heavy (non-hydrogen) atoms. The highest BCUT2D eigenvalue weighted by Crippen LogP contribution is 2.23. The summed E-state index contributed by atoms with van der Waals surface area (Å²) in [5.74, 6) is 0. The van der Waals surface area contributed by atoms with Gasteiger partial charge < -0.3 is 4.98 Å². The minimum atomic E-state index is 0.963. The van der Waals surface area contributed by atoms with Crippen molar-refractivity contribution in [3.05, 3.63) is 101 Å². The summed E-state index contributed by atoms with van der Waals surface area (Å²) in [6.45, 7) is 14.4. The highest BCUT2D eigenvalue weighted by Gasteiger charge is 2.07.